The van der Waals surface area contributed by atoms with Gasteiger partial charge in [0.1, 0.15) is 0 Å². The molecule has 1 aromatic rings. The number of morpholine rings is 1. The molecule has 3 aliphatic rings. The third-order valence-electron chi connectivity index (χ3n) is 6.78. The molecule has 6 nitrogen and oxygen atoms in total. The van der Waals surface area contributed by atoms with E-state index in [9.17, 15) is 0 Å². The summed E-state index contributed by atoms with van der Waals surface area (Å²) in [5.41, 5.74) is 0. The van der Waals surface area contributed by atoms with Gasteiger partial charge in [0.25, 0.3) is 0 Å². The standard InChI is InChI=1S/C22H37N5OS/c1-23-22(27-9-7-18(17-27)16-26-10-12-28-13-11-26)24-15-19-5-3-8-25(2)21(19)20-6-4-14-29-20/h4,6,14,18-19,21H,3,5,7-13,15-17H2,1-2H3,(H,23,24). The number of piperidine rings is 1. The van der Waals surface area contributed by atoms with Crippen LogP contribution in [-0.2, 0) is 4.74 Å². The van der Waals surface area contributed by atoms with Gasteiger partial charge in [-0.1, -0.05) is 6.07 Å². The van der Waals surface area contributed by atoms with E-state index in [0.29, 0.717) is 12.0 Å². The van der Waals surface area contributed by atoms with Crippen LogP contribution in [0.3, 0.4) is 0 Å². The van der Waals surface area contributed by atoms with Gasteiger partial charge in [0.05, 0.1) is 13.2 Å². The molecule has 0 radical (unpaired) electrons. The van der Waals surface area contributed by atoms with Gasteiger partial charge in [0.2, 0.25) is 0 Å². The van der Waals surface area contributed by atoms with Gasteiger partial charge in [-0.3, -0.25) is 14.8 Å². The van der Waals surface area contributed by atoms with E-state index in [4.69, 9.17) is 4.74 Å². The summed E-state index contributed by atoms with van der Waals surface area (Å²) < 4.78 is 5.49. The molecule has 0 bridgehead atoms. The zero-order valence-corrected chi connectivity index (χ0v) is 18.9. The van der Waals surface area contributed by atoms with Crippen molar-refractivity contribution in [2.45, 2.75) is 25.3 Å². The number of hydrogen-bond acceptors (Lipinski definition) is 5. The summed E-state index contributed by atoms with van der Waals surface area (Å²) in [4.78, 5) is 13.7. The van der Waals surface area contributed by atoms with Crippen molar-refractivity contribution in [3.8, 4) is 0 Å². The molecule has 1 aromatic heterocycles. The van der Waals surface area contributed by atoms with Gasteiger partial charge in [-0.15, -0.1) is 11.3 Å². The molecule has 7 heteroatoms. The fourth-order valence-corrected chi connectivity index (χ4v) is 6.24. The fraction of sp³-hybridized carbons (Fsp3) is 0.773. The first-order valence-electron chi connectivity index (χ1n) is 11.2. The number of hydrogen-bond donors (Lipinski definition) is 1. The molecule has 4 rings (SSSR count). The summed E-state index contributed by atoms with van der Waals surface area (Å²) in [5, 5.41) is 5.95. The van der Waals surface area contributed by atoms with Gasteiger partial charge in [0.15, 0.2) is 5.96 Å². The van der Waals surface area contributed by atoms with Crippen LogP contribution in [0.25, 0.3) is 0 Å². The van der Waals surface area contributed by atoms with E-state index in [1.54, 1.807) is 0 Å². The fourth-order valence-electron chi connectivity index (χ4n) is 5.26. The van der Waals surface area contributed by atoms with E-state index in [-0.39, 0.29) is 0 Å². The van der Waals surface area contributed by atoms with Crippen molar-refractivity contribution in [3.05, 3.63) is 22.4 Å². The zero-order chi connectivity index (χ0) is 20.1. The highest BCUT2D eigenvalue weighted by Crippen LogP contribution is 2.36. The van der Waals surface area contributed by atoms with Gasteiger partial charge in [-0.2, -0.15) is 0 Å². The molecule has 0 aliphatic carbocycles. The van der Waals surface area contributed by atoms with Crippen molar-refractivity contribution in [1.82, 2.24) is 20.0 Å². The molecular weight excluding hydrogens is 382 g/mol. The summed E-state index contributed by atoms with van der Waals surface area (Å²) in [6, 6.07) is 5.02. The number of guanidine groups is 1. The van der Waals surface area contributed by atoms with Crippen LogP contribution in [0.4, 0.5) is 0 Å². The number of ether oxygens (including phenoxy) is 1. The smallest absolute Gasteiger partial charge is 0.193 e. The molecule has 3 aliphatic heterocycles. The Hall–Kier alpha value is -1.15. The monoisotopic (exact) mass is 419 g/mol. The predicted octanol–water partition coefficient (Wildman–Crippen LogP) is 2.36. The molecule has 3 saturated heterocycles. The van der Waals surface area contributed by atoms with E-state index in [1.165, 1.54) is 37.2 Å². The molecule has 3 unspecified atom stereocenters. The van der Waals surface area contributed by atoms with E-state index in [2.05, 4.69) is 49.6 Å². The molecule has 0 saturated carbocycles. The molecule has 29 heavy (non-hydrogen) atoms. The highest BCUT2D eigenvalue weighted by molar-refractivity contribution is 7.10. The van der Waals surface area contributed by atoms with E-state index < -0.39 is 0 Å². The van der Waals surface area contributed by atoms with Gasteiger partial charge in [-0.25, -0.2) is 0 Å². The maximum absolute atomic E-state index is 5.49. The SMILES string of the molecule is CN=C(NCC1CCCN(C)C1c1cccs1)N1CCC(CN2CCOCC2)C1. The Morgan fingerprint density at radius 3 is 2.86 bits per heavy atom. The van der Waals surface area contributed by atoms with Crippen molar-refractivity contribution < 1.29 is 4.74 Å². The van der Waals surface area contributed by atoms with Gasteiger partial charge < -0.3 is 15.0 Å². The number of rotatable bonds is 5. The van der Waals surface area contributed by atoms with E-state index in [0.717, 1.165) is 57.8 Å². The van der Waals surface area contributed by atoms with Crippen molar-refractivity contribution in [2.24, 2.45) is 16.8 Å². The maximum Gasteiger partial charge on any atom is 0.193 e. The lowest BCUT2D eigenvalue weighted by molar-refractivity contribution is 0.0315. The molecule has 0 amide bonds. The minimum absolute atomic E-state index is 0.530. The predicted molar refractivity (Wildman–Crippen MR) is 121 cm³/mol. The number of aliphatic imine (C=N–C) groups is 1. The second kappa shape index (κ2) is 10.2. The van der Waals surface area contributed by atoms with Crippen molar-refractivity contribution in [2.75, 3.05) is 73.1 Å². The second-order valence-electron chi connectivity index (χ2n) is 8.78. The van der Waals surface area contributed by atoms with Crippen LogP contribution in [-0.4, -0.2) is 93.8 Å². The Bertz CT molecular complexity index is 646. The Morgan fingerprint density at radius 1 is 1.24 bits per heavy atom. The topological polar surface area (TPSA) is 43.3 Å². The first-order valence-corrected chi connectivity index (χ1v) is 12.1. The van der Waals surface area contributed by atoms with Crippen molar-refractivity contribution >= 4 is 17.3 Å². The molecule has 0 aromatic carbocycles. The highest BCUT2D eigenvalue weighted by atomic mass is 32.1. The highest BCUT2D eigenvalue weighted by Gasteiger charge is 2.32. The van der Waals surface area contributed by atoms with Crippen molar-refractivity contribution in [3.63, 3.8) is 0 Å². The summed E-state index contributed by atoms with van der Waals surface area (Å²) in [5.74, 6) is 2.47. The number of nitrogens with zero attached hydrogens (tertiary/aromatic N) is 4. The van der Waals surface area contributed by atoms with Gasteiger partial charge in [0, 0.05) is 57.2 Å². The molecule has 3 atom stereocenters. The maximum atomic E-state index is 5.49. The van der Waals surface area contributed by atoms with Crippen LogP contribution in [0, 0.1) is 11.8 Å². The molecule has 4 heterocycles. The first kappa shape index (κ1) is 21.1. The van der Waals surface area contributed by atoms with Crippen molar-refractivity contribution in [1.29, 1.82) is 0 Å². The summed E-state index contributed by atoms with van der Waals surface area (Å²) in [6.45, 7) is 9.59. The molecule has 3 fully saturated rings. The Kier molecular flexibility index (Phi) is 7.45. The number of likely N-dealkylation sites (tertiary alicyclic amines) is 2. The normalized spacial score (nSPS) is 30.1. The molecule has 162 valence electrons. The minimum Gasteiger partial charge on any atom is -0.379 e. The van der Waals surface area contributed by atoms with Crippen LogP contribution >= 0.6 is 11.3 Å². The lowest BCUT2D eigenvalue weighted by Crippen LogP contribution is -2.46. The number of thiophene rings is 1. The summed E-state index contributed by atoms with van der Waals surface area (Å²) in [7, 11) is 4.21. The minimum atomic E-state index is 0.530. The van der Waals surface area contributed by atoms with Crippen LogP contribution in [0.5, 0.6) is 0 Å². The van der Waals surface area contributed by atoms with E-state index in [1.807, 2.05) is 18.4 Å². The van der Waals surface area contributed by atoms with Crippen LogP contribution in [0.15, 0.2) is 22.5 Å². The lowest BCUT2D eigenvalue weighted by atomic mass is 9.88. The molecule has 0 spiro atoms. The summed E-state index contributed by atoms with van der Waals surface area (Å²) >= 11 is 1.90. The van der Waals surface area contributed by atoms with Crippen LogP contribution in [0.2, 0.25) is 0 Å². The van der Waals surface area contributed by atoms with Crippen LogP contribution in [0.1, 0.15) is 30.2 Å². The zero-order valence-electron chi connectivity index (χ0n) is 18.1. The third kappa shape index (κ3) is 5.32. The Labute approximate surface area is 179 Å². The average molecular weight is 420 g/mol. The average Bonchev–Trinajstić information content (AvgIpc) is 3.42. The van der Waals surface area contributed by atoms with Gasteiger partial charge >= 0.3 is 0 Å². The third-order valence-corrected chi connectivity index (χ3v) is 7.72. The van der Waals surface area contributed by atoms with Crippen LogP contribution < -0.4 is 5.32 Å². The Morgan fingerprint density at radius 2 is 2.10 bits per heavy atom. The molecular formula is C22H37N5OS. The van der Waals surface area contributed by atoms with Gasteiger partial charge in [-0.05, 0) is 56.1 Å². The largest absolute Gasteiger partial charge is 0.379 e. The Balaban J connectivity index is 1.30. The summed E-state index contributed by atoms with van der Waals surface area (Å²) in [6.07, 6.45) is 3.84. The number of nitrogens with one attached hydrogen (secondary N) is 1. The lowest BCUT2D eigenvalue weighted by Gasteiger charge is -2.39. The van der Waals surface area contributed by atoms with E-state index >= 15 is 0 Å². The quantitative estimate of drug-likeness (QED) is 0.586. The molecule has 1 N–H and O–H groups in total. The second-order valence-corrected chi connectivity index (χ2v) is 9.76. The first-order chi connectivity index (χ1) is 14.2.